The van der Waals surface area contributed by atoms with Gasteiger partial charge in [-0.2, -0.15) is 10.3 Å². The number of nitrogens with one attached hydrogen (secondary N) is 1. The molecule has 3 heterocycles. The quantitative estimate of drug-likeness (QED) is 0.599. The third-order valence-corrected chi connectivity index (χ3v) is 3.59. The van der Waals surface area contributed by atoms with Crippen LogP contribution < -0.4 is 10.5 Å². The van der Waals surface area contributed by atoms with Crippen LogP contribution in [0, 0.1) is 0 Å². The lowest BCUT2D eigenvalue weighted by Crippen LogP contribution is -1.99. The van der Waals surface area contributed by atoms with Crippen molar-refractivity contribution in [3.63, 3.8) is 0 Å². The van der Waals surface area contributed by atoms with E-state index in [4.69, 9.17) is 10.5 Å². The second kappa shape index (κ2) is 5.96. The van der Waals surface area contributed by atoms with Crippen LogP contribution in [-0.2, 0) is 6.61 Å². The second-order valence-electron chi connectivity index (χ2n) is 5.27. The van der Waals surface area contributed by atoms with Crippen LogP contribution in [0.5, 0.6) is 5.75 Å². The zero-order chi connectivity index (χ0) is 16.4. The summed E-state index contributed by atoms with van der Waals surface area (Å²) < 4.78 is 5.88. The van der Waals surface area contributed by atoms with Crippen molar-refractivity contribution in [1.29, 1.82) is 0 Å². The lowest BCUT2D eigenvalue weighted by atomic mass is 10.1. The number of nitrogens with two attached hydrogens (primary N) is 1. The van der Waals surface area contributed by atoms with E-state index in [-0.39, 0.29) is 0 Å². The largest absolute Gasteiger partial charge is 0.486 e. The molecule has 24 heavy (non-hydrogen) atoms. The van der Waals surface area contributed by atoms with E-state index in [0.29, 0.717) is 29.3 Å². The highest BCUT2D eigenvalue weighted by Crippen LogP contribution is 2.25. The summed E-state index contributed by atoms with van der Waals surface area (Å²) in [5.41, 5.74) is 9.96. The van der Waals surface area contributed by atoms with E-state index in [2.05, 4.69) is 31.4 Å². The van der Waals surface area contributed by atoms with Crippen molar-refractivity contribution >= 4 is 17.0 Å². The van der Waals surface area contributed by atoms with E-state index in [9.17, 15) is 0 Å². The van der Waals surface area contributed by atoms with Crippen molar-refractivity contribution in [2.45, 2.75) is 6.61 Å². The predicted octanol–water partition coefficient (Wildman–Crippen LogP) is 2.58. The number of anilines is 1. The number of benzene rings is 1. The summed E-state index contributed by atoms with van der Waals surface area (Å²) in [6, 6.07) is 13.7. The molecule has 4 rings (SSSR count). The molecular formula is C17H14N6O. The van der Waals surface area contributed by atoms with Crippen molar-refractivity contribution in [2.24, 2.45) is 0 Å². The van der Waals surface area contributed by atoms with Gasteiger partial charge in [-0.15, -0.1) is 5.10 Å². The van der Waals surface area contributed by atoms with E-state index < -0.39 is 0 Å². The van der Waals surface area contributed by atoms with Crippen molar-refractivity contribution in [3.05, 3.63) is 60.4 Å². The van der Waals surface area contributed by atoms with E-state index in [0.717, 1.165) is 16.7 Å². The number of ether oxygens (including phenoxy) is 1. The number of aromatic nitrogens is 5. The highest BCUT2D eigenvalue weighted by Gasteiger charge is 2.10. The molecule has 0 aliphatic rings. The van der Waals surface area contributed by atoms with E-state index in [1.807, 2.05) is 36.5 Å². The van der Waals surface area contributed by atoms with Gasteiger partial charge in [-0.1, -0.05) is 24.3 Å². The topological polar surface area (TPSA) is 103 Å². The Hall–Kier alpha value is -3.48. The molecular weight excluding hydrogens is 304 g/mol. The maximum Gasteiger partial charge on any atom is 0.207 e. The molecule has 3 aromatic heterocycles. The summed E-state index contributed by atoms with van der Waals surface area (Å²) in [5.74, 6) is 0.897. The fourth-order valence-electron chi connectivity index (χ4n) is 2.47. The standard InChI is InChI=1S/C17H14N6O/c18-15-8-14(16-17(20-15)22-23-21-16)24-10-11-3-1-4-12(7-11)13-5-2-6-19-9-13/h1-9H,10H2,(H3,18,20,21,22,23). The van der Waals surface area contributed by atoms with Crippen LogP contribution in [0.1, 0.15) is 5.56 Å². The first-order valence-corrected chi connectivity index (χ1v) is 7.39. The lowest BCUT2D eigenvalue weighted by Gasteiger charge is -2.08. The molecule has 0 unspecified atom stereocenters. The van der Waals surface area contributed by atoms with Crippen LogP contribution in [-0.4, -0.2) is 25.4 Å². The van der Waals surface area contributed by atoms with Crippen LogP contribution in [0.25, 0.3) is 22.3 Å². The Morgan fingerprint density at radius 1 is 1.04 bits per heavy atom. The molecule has 0 bridgehead atoms. The third-order valence-electron chi connectivity index (χ3n) is 3.59. The normalized spacial score (nSPS) is 10.8. The molecule has 0 fully saturated rings. The maximum atomic E-state index is 5.88. The number of hydrogen-bond donors (Lipinski definition) is 2. The van der Waals surface area contributed by atoms with E-state index in [1.54, 1.807) is 12.3 Å². The Morgan fingerprint density at radius 2 is 1.96 bits per heavy atom. The zero-order valence-corrected chi connectivity index (χ0v) is 12.7. The van der Waals surface area contributed by atoms with Gasteiger partial charge in [0.15, 0.2) is 11.3 Å². The minimum absolute atomic E-state index is 0.343. The molecule has 7 heteroatoms. The number of nitrogen functional groups attached to an aromatic ring is 1. The summed E-state index contributed by atoms with van der Waals surface area (Å²) >= 11 is 0. The number of fused-ring (bicyclic) bond motifs is 1. The summed E-state index contributed by atoms with van der Waals surface area (Å²) in [7, 11) is 0. The van der Waals surface area contributed by atoms with Gasteiger partial charge < -0.3 is 10.5 Å². The first-order valence-electron chi connectivity index (χ1n) is 7.39. The summed E-state index contributed by atoms with van der Waals surface area (Å²) in [6.45, 7) is 0.388. The van der Waals surface area contributed by atoms with Gasteiger partial charge in [0.2, 0.25) is 5.65 Å². The summed E-state index contributed by atoms with van der Waals surface area (Å²) in [4.78, 5) is 8.24. The van der Waals surface area contributed by atoms with Gasteiger partial charge in [0.05, 0.1) is 0 Å². The number of hydrogen-bond acceptors (Lipinski definition) is 6. The molecule has 0 amide bonds. The highest BCUT2D eigenvalue weighted by atomic mass is 16.5. The molecule has 118 valence electrons. The molecule has 0 saturated heterocycles. The van der Waals surface area contributed by atoms with E-state index in [1.165, 1.54) is 0 Å². The first kappa shape index (κ1) is 14.1. The molecule has 0 aliphatic carbocycles. The van der Waals surface area contributed by atoms with Crippen molar-refractivity contribution in [3.8, 4) is 16.9 Å². The van der Waals surface area contributed by atoms with Crippen molar-refractivity contribution < 1.29 is 4.74 Å². The third kappa shape index (κ3) is 2.74. The number of pyridine rings is 2. The minimum atomic E-state index is 0.343. The average Bonchev–Trinajstić information content (AvgIpc) is 3.09. The number of aromatic amines is 1. The average molecular weight is 318 g/mol. The molecule has 0 aliphatic heterocycles. The fourth-order valence-corrected chi connectivity index (χ4v) is 2.47. The summed E-state index contributed by atoms with van der Waals surface area (Å²) in [6.07, 6.45) is 3.59. The Bertz CT molecular complexity index is 983. The minimum Gasteiger partial charge on any atom is -0.486 e. The first-order chi connectivity index (χ1) is 11.8. The second-order valence-corrected chi connectivity index (χ2v) is 5.27. The predicted molar refractivity (Wildman–Crippen MR) is 90.1 cm³/mol. The molecule has 0 saturated carbocycles. The van der Waals surface area contributed by atoms with Gasteiger partial charge in [-0.3, -0.25) is 4.98 Å². The monoisotopic (exact) mass is 318 g/mol. The Balaban J connectivity index is 1.59. The van der Waals surface area contributed by atoms with Gasteiger partial charge in [-0.05, 0) is 28.8 Å². The molecule has 3 N–H and O–H groups in total. The van der Waals surface area contributed by atoms with Gasteiger partial charge in [0.25, 0.3) is 0 Å². The van der Waals surface area contributed by atoms with Crippen LogP contribution >= 0.6 is 0 Å². The van der Waals surface area contributed by atoms with Crippen LogP contribution in [0.4, 0.5) is 5.82 Å². The molecule has 7 nitrogen and oxygen atoms in total. The molecule has 0 radical (unpaired) electrons. The highest BCUT2D eigenvalue weighted by molar-refractivity contribution is 5.78. The molecule has 0 spiro atoms. The van der Waals surface area contributed by atoms with Gasteiger partial charge in [0.1, 0.15) is 12.4 Å². The summed E-state index contributed by atoms with van der Waals surface area (Å²) in [5, 5.41) is 10.5. The number of H-pyrrole nitrogens is 1. The number of rotatable bonds is 4. The van der Waals surface area contributed by atoms with Gasteiger partial charge in [-0.25, -0.2) is 4.98 Å². The van der Waals surface area contributed by atoms with Crippen molar-refractivity contribution in [2.75, 3.05) is 5.73 Å². The number of nitrogens with zero attached hydrogens (tertiary/aromatic N) is 4. The van der Waals surface area contributed by atoms with Crippen LogP contribution in [0.2, 0.25) is 0 Å². The van der Waals surface area contributed by atoms with Crippen LogP contribution in [0.15, 0.2) is 54.9 Å². The van der Waals surface area contributed by atoms with Gasteiger partial charge in [0, 0.05) is 18.5 Å². The van der Waals surface area contributed by atoms with E-state index >= 15 is 0 Å². The molecule has 0 atom stereocenters. The van der Waals surface area contributed by atoms with Crippen molar-refractivity contribution in [1.82, 2.24) is 25.4 Å². The molecule has 4 aromatic rings. The Kier molecular flexibility index (Phi) is 3.51. The SMILES string of the molecule is Nc1cc(OCc2cccc(-c3cccnc3)c2)c2n[nH]nc2n1. The lowest BCUT2D eigenvalue weighted by molar-refractivity contribution is 0.309. The Morgan fingerprint density at radius 3 is 2.83 bits per heavy atom. The van der Waals surface area contributed by atoms with Crippen LogP contribution in [0.3, 0.4) is 0 Å². The smallest absolute Gasteiger partial charge is 0.207 e. The fraction of sp³-hybridized carbons (Fsp3) is 0.0588. The Labute approximate surface area is 137 Å². The maximum absolute atomic E-state index is 5.88. The zero-order valence-electron chi connectivity index (χ0n) is 12.7. The van der Waals surface area contributed by atoms with Gasteiger partial charge >= 0.3 is 0 Å². The molecule has 1 aromatic carbocycles.